The Morgan fingerprint density at radius 2 is 1.94 bits per heavy atom. The predicted octanol–water partition coefficient (Wildman–Crippen LogP) is 2.82. The lowest BCUT2D eigenvalue weighted by Crippen LogP contribution is -2.29. The van der Waals surface area contributed by atoms with Crippen LogP contribution < -0.4 is 0 Å². The van der Waals surface area contributed by atoms with Gasteiger partial charge in [0.1, 0.15) is 0 Å². The van der Waals surface area contributed by atoms with Gasteiger partial charge in [0.05, 0.1) is 11.5 Å². The molecule has 2 aliphatic carbocycles. The Morgan fingerprint density at radius 1 is 1.24 bits per heavy atom. The van der Waals surface area contributed by atoms with Crippen LogP contribution in [0.4, 0.5) is 0 Å². The van der Waals surface area contributed by atoms with Crippen LogP contribution >= 0.6 is 0 Å². The fourth-order valence-corrected chi connectivity index (χ4v) is 5.05. The molecule has 0 heterocycles. The quantitative estimate of drug-likeness (QED) is 0.755. The topological polar surface area (TPSA) is 34.1 Å². The monoisotopic (exact) mass is 249 g/mol. The first-order chi connectivity index (χ1) is 8.48. The molecule has 3 atom stereocenters. The number of benzene rings is 1. The van der Waals surface area contributed by atoms with E-state index < -0.39 is 15.1 Å². The molecule has 2 saturated carbocycles. The van der Waals surface area contributed by atoms with Gasteiger partial charge < -0.3 is 0 Å². The highest BCUT2D eigenvalue weighted by Crippen LogP contribution is 2.51. The first-order valence-corrected chi connectivity index (χ1v) is 7.45. The minimum absolute atomic E-state index is 0.0831. The van der Waals surface area contributed by atoms with E-state index in [1.54, 1.807) is 30.3 Å². The summed E-state index contributed by atoms with van der Waals surface area (Å²) in [7, 11) is -3.65. The summed E-state index contributed by atoms with van der Waals surface area (Å²) in [4.78, 5) is 0.244. The van der Waals surface area contributed by atoms with E-state index in [0.717, 1.165) is 19.3 Å². The lowest BCUT2D eigenvalue weighted by atomic mass is 9.96. The van der Waals surface area contributed by atoms with E-state index in [1.807, 2.05) is 0 Å². The standard InChI is InChI=1S/C14H16O2S/c1-10-11-7-8-12(9-11)14(10)17(15,16)13-5-3-2-4-6-13/h2-6,11-12,14H,1,7-9H2/t11-,12+,14+/m0/s1/i14D. The van der Waals surface area contributed by atoms with Crippen LogP contribution in [0.25, 0.3) is 0 Å². The van der Waals surface area contributed by atoms with E-state index in [1.165, 1.54) is 0 Å². The average molecular weight is 249 g/mol. The van der Waals surface area contributed by atoms with Crippen molar-refractivity contribution in [2.24, 2.45) is 11.8 Å². The Bertz CT molecular complexity index is 593. The molecule has 0 N–H and O–H groups in total. The molecule has 0 saturated heterocycles. The molecule has 0 radical (unpaired) electrons. The van der Waals surface area contributed by atoms with E-state index >= 15 is 0 Å². The molecule has 2 aliphatic rings. The second kappa shape index (κ2) is 3.70. The predicted molar refractivity (Wildman–Crippen MR) is 67.4 cm³/mol. The van der Waals surface area contributed by atoms with Crippen molar-refractivity contribution >= 4 is 9.84 Å². The largest absolute Gasteiger partial charge is 0.223 e. The van der Waals surface area contributed by atoms with Gasteiger partial charge in [-0.2, -0.15) is 0 Å². The van der Waals surface area contributed by atoms with Gasteiger partial charge in [0, 0.05) is 0 Å². The second-order valence-corrected chi connectivity index (χ2v) is 6.83. The van der Waals surface area contributed by atoms with Gasteiger partial charge in [0.25, 0.3) is 0 Å². The fourth-order valence-electron chi connectivity index (χ4n) is 3.12. The molecular formula is C14H16O2S. The Hall–Kier alpha value is -1.09. The first kappa shape index (κ1) is 9.89. The van der Waals surface area contributed by atoms with E-state index in [0.29, 0.717) is 5.57 Å². The van der Waals surface area contributed by atoms with Crippen LogP contribution in [-0.2, 0) is 9.84 Å². The minimum Gasteiger partial charge on any atom is -0.223 e. The molecule has 3 heteroatoms. The van der Waals surface area contributed by atoms with Crippen LogP contribution in [0.3, 0.4) is 0 Å². The lowest BCUT2D eigenvalue weighted by molar-refractivity contribution is 0.523. The summed E-state index contributed by atoms with van der Waals surface area (Å²) >= 11 is 0. The van der Waals surface area contributed by atoms with Gasteiger partial charge in [-0.05, 0) is 43.2 Å². The van der Waals surface area contributed by atoms with Crippen molar-refractivity contribution in [3.05, 3.63) is 42.5 Å². The summed E-state index contributed by atoms with van der Waals surface area (Å²) in [5.41, 5.74) is 0.600. The van der Waals surface area contributed by atoms with E-state index in [9.17, 15) is 8.42 Å². The van der Waals surface area contributed by atoms with Crippen molar-refractivity contribution in [2.75, 3.05) is 0 Å². The van der Waals surface area contributed by atoms with Gasteiger partial charge in [-0.25, -0.2) is 8.42 Å². The minimum atomic E-state index is -3.65. The molecule has 0 aliphatic heterocycles. The van der Waals surface area contributed by atoms with Gasteiger partial charge in [-0.1, -0.05) is 30.4 Å². The molecule has 2 fully saturated rings. The molecule has 3 rings (SSSR count). The van der Waals surface area contributed by atoms with Crippen LogP contribution in [-0.4, -0.2) is 13.6 Å². The van der Waals surface area contributed by atoms with E-state index in [4.69, 9.17) is 1.37 Å². The molecule has 1 aromatic carbocycles. The number of hydrogen-bond donors (Lipinski definition) is 0. The van der Waals surface area contributed by atoms with Crippen molar-refractivity contribution in [3.63, 3.8) is 0 Å². The second-order valence-electron chi connectivity index (χ2n) is 4.91. The van der Waals surface area contributed by atoms with Gasteiger partial charge in [0.2, 0.25) is 0 Å². The third-order valence-corrected chi connectivity index (χ3v) is 6.02. The molecule has 0 aromatic heterocycles. The number of fused-ring (bicyclic) bond motifs is 2. The van der Waals surface area contributed by atoms with Gasteiger partial charge in [0.15, 0.2) is 9.84 Å². The highest BCUT2D eigenvalue weighted by molar-refractivity contribution is 7.92. The van der Waals surface area contributed by atoms with Crippen molar-refractivity contribution in [1.29, 1.82) is 0 Å². The highest BCUT2D eigenvalue weighted by atomic mass is 32.2. The Balaban J connectivity index is 2.13. The Morgan fingerprint density at radius 3 is 2.53 bits per heavy atom. The SMILES string of the molecule is [2H][C@@]1(S(=O)(=O)c2ccccc2)C(=C)[C@H]2CC[C@@H]1C2. The van der Waals surface area contributed by atoms with Crippen LogP contribution in [0, 0.1) is 11.8 Å². The molecule has 0 amide bonds. The Labute approximate surface area is 104 Å². The van der Waals surface area contributed by atoms with Crippen LogP contribution in [0.2, 0.25) is 0 Å². The maximum absolute atomic E-state index is 12.7. The molecule has 90 valence electrons. The molecular weight excluding hydrogens is 232 g/mol. The van der Waals surface area contributed by atoms with Crippen molar-refractivity contribution in [3.8, 4) is 0 Å². The molecule has 1 aromatic rings. The normalized spacial score (nSPS) is 37.2. The number of hydrogen-bond acceptors (Lipinski definition) is 2. The molecule has 0 spiro atoms. The molecule has 0 unspecified atom stereocenters. The summed E-state index contributed by atoms with van der Waals surface area (Å²) in [6.45, 7) is 3.92. The summed E-state index contributed by atoms with van der Waals surface area (Å²) < 4.78 is 33.9. The smallest absolute Gasteiger partial charge is 0.185 e. The average Bonchev–Trinajstić information content (AvgIpc) is 2.94. The summed E-state index contributed by atoms with van der Waals surface area (Å²) in [6, 6.07) is 8.33. The Kier molecular flexibility index (Phi) is 2.15. The highest BCUT2D eigenvalue weighted by Gasteiger charge is 2.49. The van der Waals surface area contributed by atoms with Crippen molar-refractivity contribution in [2.45, 2.75) is 29.4 Å². The molecule has 2 nitrogen and oxygen atoms in total. The van der Waals surface area contributed by atoms with Crippen LogP contribution in [0.15, 0.2) is 47.4 Å². The zero-order chi connectivity index (χ0) is 13.0. The van der Waals surface area contributed by atoms with Crippen LogP contribution in [0.1, 0.15) is 20.6 Å². The lowest BCUT2D eigenvalue weighted by Gasteiger charge is -2.24. The molecule has 17 heavy (non-hydrogen) atoms. The van der Waals surface area contributed by atoms with Crippen molar-refractivity contribution in [1.82, 2.24) is 0 Å². The fraction of sp³-hybridized carbons (Fsp3) is 0.429. The van der Waals surface area contributed by atoms with Gasteiger partial charge >= 0.3 is 0 Å². The summed E-state index contributed by atoms with van der Waals surface area (Å²) in [5.74, 6) is 0.145. The van der Waals surface area contributed by atoms with Gasteiger partial charge in [-0.15, -0.1) is 0 Å². The summed E-state index contributed by atoms with van der Waals surface area (Å²) in [6.07, 6.45) is 2.64. The summed E-state index contributed by atoms with van der Waals surface area (Å²) in [5, 5.41) is -1.50. The van der Waals surface area contributed by atoms with E-state index in [2.05, 4.69) is 6.58 Å². The zero-order valence-corrected chi connectivity index (χ0v) is 10.4. The third-order valence-electron chi connectivity index (χ3n) is 3.96. The third kappa shape index (κ3) is 1.56. The van der Waals surface area contributed by atoms with Gasteiger partial charge in [-0.3, -0.25) is 0 Å². The van der Waals surface area contributed by atoms with Crippen LogP contribution in [0.5, 0.6) is 0 Å². The number of sulfone groups is 1. The molecule has 2 bridgehead atoms. The van der Waals surface area contributed by atoms with E-state index in [-0.39, 0.29) is 16.7 Å². The maximum Gasteiger partial charge on any atom is 0.185 e. The number of rotatable bonds is 2. The zero-order valence-electron chi connectivity index (χ0n) is 10.6. The first-order valence-electron chi connectivity index (χ1n) is 6.47. The maximum atomic E-state index is 12.7. The van der Waals surface area contributed by atoms with Crippen molar-refractivity contribution < 1.29 is 9.79 Å².